The van der Waals surface area contributed by atoms with Crippen LogP contribution in [0.5, 0.6) is 11.6 Å². The topological polar surface area (TPSA) is 199 Å². The second-order valence-corrected chi connectivity index (χ2v) is 18.4. The molecule has 0 radical (unpaired) electrons. The summed E-state index contributed by atoms with van der Waals surface area (Å²) in [7, 11) is -2.35. The number of carbonyl (C=O) groups is 4. The Kier molecular flexibility index (Phi) is 10.3. The van der Waals surface area contributed by atoms with E-state index in [-0.39, 0.29) is 34.8 Å². The van der Waals surface area contributed by atoms with E-state index in [1.807, 2.05) is 43.4 Å². The molecule has 4 amide bonds. The maximum Gasteiger partial charge on any atom is 0.260 e. The van der Waals surface area contributed by atoms with Crippen LogP contribution >= 0.6 is 34.2 Å². The quantitative estimate of drug-likeness (QED) is 0.154. The number of carbonyl (C=O) groups excluding carboxylic acids is 4. The summed E-state index contributed by atoms with van der Waals surface area (Å²) in [4.78, 5) is 60.1. The summed E-state index contributed by atoms with van der Waals surface area (Å²) in [5.41, 5.74) is 4.06. The molecule has 3 aliphatic rings. The number of pyridine rings is 1. The van der Waals surface area contributed by atoms with Crippen molar-refractivity contribution in [3.63, 3.8) is 0 Å². The van der Waals surface area contributed by atoms with Gasteiger partial charge in [-0.15, -0.1) is 0 Å². The number of benzene rings is 2. The molecule has 2 aliphatic carbocycles. The molecular weight excluding hydrogens is 827 g/mol. The van der Waals surface area contributed by atoms with Crippen LogP contribution in [0.2, 0.25) is 5.02 Å². The fourth-order valence-electron chi connectivity index (χ4n) is 6.33. The minimum Gasteiger partial charge on any atom is -0.494 e. The van der Waals surface area contributed by atoms with Crippen molar-refractivity contribution in [2.75, 3.05) is 19.0 Å². The van der Waals surface area contributed by atoms with Crippen LogP contribution in [0.1, 0.15) is 56.8 Å². The van der Waals surface area contributed by atoms with Crippen molar-refractivity contribution in [2.24, 2.45) is 11.1 Å². The van der Waals surface area contributed by atoms with Crippen LogP contribution in [-0.4, -0.2) is 88.5 Å². The average Bonchev–Trinajstić information content (AvgIpc) is 4.00. The Morgan fingerprint density at radius 1 is 1.12 bits per heavy atom. The summed E-state index contributed by atoms with van der Waals surface area (Å²) < 4.78 is 39.0. The van der Waals surface area contributed by atoms with Crippen LogP contribution in [0.4, 0.5) is 5.69 Å². The number of rotatable bonds is 12. The van der Waals surface area contributed by atoms with Gasteiger partial charge in [0.05, 0.1) is 25.1 Å². The Morgan fingerprint density at radius 3 is 2.44 bits per heavy atom. The highest BCUT2D eigenvalue weighted by Crippen LogP contribution is 2.44. The molecule has 5 N–H and O–H groups in total. The lowest BCUT2D eigenvalue weighted by atomic mass is 9.85. The molecular formula is C35H40ClIN6O8S. The van der Waals surface area contributed by atoms with Crippen LogP contribution < -0.4 is 30.6 Å². The third kappa shape index (κ3) is 7.74. The Labute approximate surface area is 320 Å². The number of nitrogens with one attached hydrogen (secondary N) is 3. The molecule has 1 saturated heterocycles. The van der Waals surface area contributed by atoms with Crippen LogP contribution in [0.25, 0.3) is 10.8 Å². The van der Waals surface area contributed by atoms with Gasteiger partial charge in [-0.3, -0.25) is 23.9 Å². The van der Waals surface area contributed by atoms with E-state index < -0.39 is 68.0 Å². The lowest BCUT2D eigenvalue weighted by Crippen LogP contribution is -2.58. The zero-order chi connectivity index (χ0) is 37.7. The van der Waals surface area contributed by atoms with Crippen LogP contribution in [0, 0.1) is 5.41 Å². The molecule has 3 fully saturated rings. The summed E-state index contributed by atoms with van der Waals surface area (Å²) in [6, 6.07) is 9.63. The highest BCUT2D eigenvalue weighted by atomic mass is 127. The summed E-state index contributed by atoms with van der Waals surface area (Å²) in [6.45, 7) is 5.56. The number of fused-ring (bicyclic) bond motifs is 1. The van der Waals surface area contributed by atoms with Crippen molar-refractivity contribution >= 4 is 84.3 Å². The van der Waals surface area contributed by atoms with Crippen LogP contribution in [0.15, 0.2) is 48.7 Å². The zero-order valence-electron chi connectivity index (χ0n) is 28.9. The van der Waals surface area contributed by atoms with Gasteiger partial charge in [0.15, 0.2) is 0 Å². The maximum absolute atomic E-state index is 14.6. The second kappa shape index (κ2) is 14.2. The van der Waals surface area contributed by atoms with Crippen LogP contribution in [-0.2, 0) is 24.4 Å². The highest BCUT2D eigenvalue weighted by Gasteiger charge is 2.62. The first-order chi connectivity index (χ1) is 24.4. The van der Waals surface area contributed by atoms with E-state index in [0.717, 1.165) is 0 Å². The number of nitrogens with two attached hydrogens (primary N) is 1. The largest absolute Gasteiger partial charge is 0.494 e. The first kappa shape index (κ1) is 37.8. The van der Waals surface area contributed by atoms with Gasteiger partial charge in [-0.25, -0.2) is 13.4 Å². The molecule has 1 aromatic heterocycles. The van der Waals surface area contributed by atoms with E-state index in [1.54, 1.807) is 42.5 Å². The molecule has 2 heterocycles. The number of halogens is 2. The molecule has 278 valence electrons. The molecule has 0 spiro atoms. The van der Waals surface area contributed by atoms with Gasteiger partial charge in [-0.2, -0.15) is 0 Å². The van der Waals surface area contributed by atoms with Crippen molar-refractivity contribution < 1.29 is 37.1 Å². The molecule has 0 bridgehead atoms. The number of hydrogen-bond donors (Lipinski definition) is 4. The number of amides is 4. The predicted molar refractivity (Wildman–Crippen MR) is 203 cm³/mol. The Bertz CT molecular complexity index is 2060. The lowest BCUT2D eigenvalue weighted by Gasteiger charge is -2.36. The molecule has 2 aromatic carbocycles. The number of anilines is 1. The smallest absolute Gasteiger partial charge is 0.260 e. The summed E-state index contributed by atoms with van der Waals surface area (Å²) in [5.74, 6) is -1.77. The number of hydrogen-bond acceptors (Lipinski definition) is 10. The van der Waals surface area contributed by atoms with Gasteiger partial charge in [-0.05, 0) is 61.1 Å². The normalized spacial score (nSPS) is 23.4. The average molecular weight is 867 g/mol. The van der Waals surface area contributed by atoms with Crippen molar-refractivity contribution in [1.29, 1.82) is 0 Å². The third-order valence-electron chi connectivity index (χ3n) is 9.52. The molecule has 1 aliphatic heterocycles. The Balaban J connectivity index is 1.31. The number of aromatic nitrogens is 1. The minimum absolute atomic E-state index is 0.0226. The van der Waals surface area contributed by atoms with Gasteiger partial charge in [-0.1, -0.05) is 61.0 Å². The number of primary amides is 1. The molecule has 3 aromatic rings. The fraction of sp³-hybridized carbons (Fsp3) is 0.457. The van der Waals surface area contributed by atoms with E-state index in [9.17, 15) is 27.6 Å². The molecule has 52 heavy (non-hydrogen) atoms. The standard InChI is InChI=1S/C35H40ClIN6O8S/c1-34(2,3)28(40-20-7-5-6-18(12-20)29(38)44)32(46)43-17-21(51-31-24-13-19(36)8-11-23(24)26(50-4)16-39-31)14-25(43)30(45)41-35(15-27(35)37)33(47)42-52(48,49)22-9-10-22/h5-8,11-13,16,21-22,25,27-28,40H,9-10,14-15,17H2,1-4H3,(H2,38,44)(H,41,45)(H,42,47)/t21-,25+,27-,28+,35-/m1/s1. The van der Waals surface area contributed by atoms with Crippen molar-refractivity contribution in [3.8, 4) is 11.6 Å². The molecule has 5 atom stereocenters. The molecule has 2 saturated carbocycles. The van der Waals surface area contributed by atoms with Crippen molar-refractivity contribution in [1.82, 2.24) is 19.9 Å². The minimum atomic E-state index is -3.87. The predicted octanol–water partition coefficient (Wildman–Crippen LogP) is 3.54. The van der Waals surface area contributed by atoms with E-state index >= 15 is 0 Å². The number of alkyl halides is 1. The first-order valence-electron chi connectivity index (χ1n) is 16.7. The van der Waals surface area contributed by atoms with E-state index in [1.165, 1.54) is 18.2 Å². The third-order valence-corrected chi connectivity index (χ3v) is 13.1. The van der Waals surface area contributed by atoms with Crippen molar-refractivity contribution in [2.45, 2.75) is 79.4 Å². The van der Waals surface area contributed by atoms with Gasteiger partial charge in [0.25, 0.3) is 5.91 Å². The van der Waals surface area contributed by atoms with Gasteiger partial charge in [0.2, 0.25) is 33.6 Å². The first-order valence-corrected chi connectivity index (χ1v) is 19.9. The highest BCUT2D eigenvalue weighted by molar-refractivity contribution is 14.1. The maximum atomic E-state index is 14.6. The fourth-order valence-corrected chi connectivity index (χ4v) is 9.00. The second-order valence-electron chi connectivity index (χ2n) is 14.5. The molecule has 0 unspecified atom stereocenters. The number of ether oxygens (including phenoxy) is 2. The molecule has 6 rings (SSSR count). The van der Waals surface area contributed by atoms with Gasteiger partial charge in [0.1, 0.15) is 29.5 Å². The Hall–Kier alpha value is -3.90. The number of sulfonamides is 1. The van der Waals surface area contributed by atoms with E-state index in [2.05, 4.69) is 20.3 Å². The van der Waals surface area contributed by atoms with E-state index in [0.29, 0.717) is 40.1 Å². The van der Waals surface area contributed by atoms with Gasteiger partial charge >= 0.3 is 0 Å². The zero-order valence-corrected chi connectivity index (χ0v) is 32.7. The number of likely N-dealkylation sites (tertiary alicyclic amines) is 1. The number of methoxy groups -OCH3 is 1. The summed E-state index contributed by atoms with van der Waals surface area (Å²) >= 11 is 8.35. The SMILES string of the molecule is COc1cnc(O[C@@H]2C[C@@H](C(=O)N[C@]3(C(=O)NS(=O)(=O)C4CC4)C[C@H]3I)N(C(=O)[C@H](Nc3cccc(C(N)=O)c3)C(C)(C)C)C2)c2cc(Cl)ccc12. The number of nitrogens with zero attached hydrogens (tertiary/aromatic N) is 2. The van der Waals surface area contributed by atoms with Gasteiger partial charge in [0, 0.05) is 37.4 Å². The van der Waals surface area contributed by atoms with Crippen LogP contribution in [0.3, 0.4) is 0 Å². The van der Waals surface area contributed by atoms with Gasteiger partial charge < -0.3 is 30.7 Å². The summed E-state index contributed by atoms with van der Waals surface area (Å²) in [5, 5.41) is 7.14. The monoisotopic (exact) mass is 866 g/mol. The van der Waals surface area contributed by atoms with Crippen molar-refractivity contribution in [3.05, 3.63) is 59.2 Å². The molecule has 17 heteroatoms. The Morgan fingerprint density at radius 2 is 1.83 bits per heavy atom. The lowest BCUT2D eigenvalue weighted by molar-refractivity contribution is -0.141. The molecule has 14 nitrogen and oxygen atoms in total. The summed E-state index contributed by atoms with van der Waals surface area (Å²) in [6.07, 6.45) is 1.98. The van der Waals surface area contributed by atoms with E-state index in [4.69, 9.17) is 26.8 Å².